The minimum atomic E-state index is -4.43. The third-order valence-corrected chi connectivity index (χ3v) is 4.05. The summed E-state index contributed by atoms with van der Waals surface area (Å²) in [5.74, 6) is -0.819. The Hall–Kier alpha value is -1.20. The lowest BCUT2D eigenvalue weighted by atomic mass is 10.3. The normalized spacial score (nSPS) is 12.2. The highest BCUT2D eigenvalue weighted by Gasteiger charge is 2.28. The molecule has 6 nitrogen and oxygen atoms in total. The summed E-state index contributed by atoms with van der Waals surface area (Å²) in [5, 5.41) is 10.6. The molecule has 118 valence electrons. The monoisotopic (exact) mass is 365 g/mol. The number of benzene rings is 1. The summed E-state index contributed by atoms with van der Waals surface area (Å²) in [6.45, 7) is -0.443. The van der Waals surface area contributed by atoms with Crippen molar-refractivity contribution in [2.45, 2.75) is 10.4 Å². The fourth-order valence-corrected chi connectivity index (χ4v) is 2.62. The highest BCUT2D eigenvalue weighted by Crippen LogP contribution is 2.32. The van der Waals surface area contributed by atoms with Gasteiger partial charge in [0.05, 0.1) is 11.5 Å². The largest absolute Gasteiger partial charge is 0.491 e. The molecule has 0 bridgehead atoms. The predicted octanol–water partition coefficient (Wildman–Crippen LogP) is 3.15. The van der Waals surface area contributed by atoms with Gasteiger partial charge in [-0.25, -0.2) is 8.42 Å². The van der Waals surface area contributed by atoms with Gasteiger partial charge in [0.25, 0.3) is 14.7 Å². The molecule has 1 rings (SSSR count). The Morgan fingerprint density at radius 2 is 2.00 bits per heavy atom. The van der Waals surface area contributed by atoms with Crippen LogP contribution in [-0.4, -0.2) is 31.2 Å². The Bertz CT molecular complexity index is 635. The summed E-state index contributed by atoms with van der Waals surface area (Å²) >= 11 is -0.341. The minimum absolute atomic E-state index is 0.341. The molecule has 0 unspecified atom stereocenters. The summed E-state index contributed by atoms with van der Waals surface area (Å²) in [4.78, 5) is 9.05. The van der Waals surface area contributed by atoms with Gasteiger partial charge in [-0.1, -0.05) is 0 Å². The maximum absolute atomic E-state index is 11.9. The SMILES string of the molecule is O=[N+]([O-])c1ccc(OCCSC(F)(F)F)c(S(=O)(=O)Cl)c1. The van der Waals surface area contributed by atoms with Crippen LogP contribution in [0, 0.1) is 10.1 Å². The fraction of sp³-hybridized carbons (Fsp3) is 0.333. The molecule has 0 amide bonds. The van der Waals surface area contributed by atoms with Crippen molar-refractivity contribution in [3.8, 4) is 5.75 Å². The van der Waals surface area contributed by atoms with Gasteiger partial charge < -0.3 is 4.74 Å². The zero-order valence-electron chi connectivity index (χ0n) is 9.96. The van der Waals surface area contributed by atoms with Crippen LogP contribution < -0.4 is 4.74 Å². The van der Waals surface area contributed by atoms with Gasteiger partial charge in [-0.2, -0.15) is 13.2 Å². The molecule has 0 aliphatic rings. The summed E-state index contributed by atoms with van der Waals surface area (Å²) in [6.07, 6.45) is 0. The lowest BCUT2D eigenvalue weighted by Gasteiger charge is -2.10. The average molecular weight is 366 g/mol. The topological polar surface area (TPSA) is 86.5 Å². The number of alkyl halides is 3. The standard InChI is InChI=1S/C9H7ClF3NO5S2/c10-21(17,18)8-5-6(14(15)16)1-2-7(8)19-3-4-20-9(11,12)13/h1-2,5H,3-4H2. The second-order valence-corrected chi connectivity index (χ2v) is 7.16. The Kier molecular flexibility index (Phi) is 5.70. The number of hydrogen-bond donors (Lipinski definition) is 0. The van der Waals surface area contributed by atoms with Gasteiger partial charge in [-0.3, -0.25) is 10.1 Å². The maximum Gasteiger partial charge on any atom is 0.441 e. The third kappa shape index (κ3) is 5.98. The molecule has 0 spiro atoms. The number of rotatable bonds is 6. The molecule has 0 aromatic heterocycles. The highest BCUT2D eigenvalue weighted by molar-refractivity contribution is 8.13. The van der Waals surface area contributed by atoms with Gasteiger partial charge in [0.1, 0.15) is 10.6 Å². The average Bonchev–Trinajstić information content (AvgIpc) is 2.32. The first-order valence-electron chi connectivity index (χ1n) is 5.07. The van der Waals surface area contributed by atoms with Crippen molar-refractivity contribution in [1.29, 1.82) is 0 Å². The van der Waals surface area contributed by atoms with Crippen molar-refractivity contribution in [3.05, 3.63) is 28.3 Å². The lowest BCUT2D eigenvalue weighted by molar-refractivity contribution is -0.385. The minimum Gasteiger partial charge on any atom is -0.491 e. The second kappa shape index (κ2) is 6.71. The van der Waals surface area contributed by atoms with Gasteiger partial charge in [0, 0.05) is 28.6 Å². The van der Waals surface area contributed by atoms with E-state index in [1.54, 1.807) is 0 Å². The van der Waals surface area contributed by atoms with Crippen molar-refractivity contribution in [2.24, 2.45) is 0 Å². The van der Waals surface area contributed by atoms with E-state index in [1.165, 1.54) is 0 Å². The first kappa shape index (κ1) is 17.9. The smallest absolute Gasteiger partial charge is 0.441 e. The first-order chi connectivity index (χ1) is 9.50. The molecule has 12 heteroatoms. The Morgan fingerprint density at radius 3 is 2.48 bits per heavy atom. The Labute approximate surface area is 125 Å². The molecule has 1 aromatic carbocycles. The molecule has 0 aliphatic heterocycles. The van der Waals surface area contributed by atoms with E-state index in [-0.39, 0.29) is 17.5 Å². The van der Waals surface area contributed by atoms with Crippen LogP contribution in [0.15, 0.2) is 23.1 Å². The van der Waals surface area contributed by atoms with Crippen molar-refractivity contribution < 1.29 is 31.2 Å². The van der Waals surface area contributed by atoms with Gasteiger partial charge in [-0.15, -0.1) is 0 Å². The molecular formula is C9H7ClF3NO5S2. The van der Waals surface area contributed by atoms with Crippen molar-refractivity contribution >= 4 is 37.2 Å². The number of hydrogen-bond acceptors (Lipinski definition) is 6. The van der Waals surface area contributed by atoms with Crippen molar-refractivity contribution in [2.75, 3.05) is 12.4 Å². The predicted molar refractivity (Wildman–Crippen MR) is 70.1 cm³/mol. The van der Waals surface area contributed by atoms with Crippen LogP contribution in [0.25, 0.3) is 0 Å². The second-order valence-electron chi connectivity index (χ2n) is 3.47. The van der Waals surface area contributed by atoms with Crippen LogP contribution in [0.2, 0.25) is 0 Å². The molecule has 0 atom stereocenters. The number of thioether (sulfide) groups is 1. The summed E-state index contributed by atoms with van der Waals surface area (Å²) in [5.41, 5.74) is -4.97. The van der Waals surface area contributed by atoms with Crippen LogP contribution in [0.5, 0.6) is 5.75 Å². The molecular weight excluding hydrogens is 359 g/mol. The molecule has 0 saturated heterocycles. The van der Waals surface area contributed by atoms with E-state index in [0.29, 0.717) is 6.07 Å². The number of nitrogens with zero attached hydrogens (tertiary/aromatic N) is 1. The molecule has 0 saturated carbocycles. The highest BCUT2D eigenvalue weighted by atomic mass is 35.7. The van der Waals surface area contributed by atoms with Gasteiger partial charge in [-0.05, 0) is 17.8 Å². The lowest BCUT2D eigenvalue weighted by Crippen LogP contribution is -2.09. The Balaban J connectivity index is 2.89. The number of nitro groups is 1. The van der Waals surface area contributed by atoms with E-state index in [0.717, 1.165) is 12.1 Å². The van der Waals surface area contributed by atoms with Crippen LogP contribution in [0.4, 0.5) is 18.9 Å². The van der Waals surface area contributed by atoms with E-state index < -0.39 is 42.4 Å². The first-order valence-corrected chi connectivity index (χ1v) is 8.37. The third-order valence-electron chi connectivity index (χ3n) is 2.01. The molecule has 0 radical (unpaired) electrons. The quantitative estimate of drug-likeness (QED) is 0.333. The van der Waals surface area contributed by atoms with Crippen LogP contribution in [-0.2, 0) is 9.05 Å². The zero-order chi connectivity index (χ0) is 16.3. The molecule has 0 aliphatic carbocycles. The summed E-state index contributed by atoms with van der Waals surface area (Å²) in [7, 11) is 0.769. The van der Waals surface area contributed by atoms with Crippen LogP contribution >= 0.6 is 22.4 Å². The van der Waals surface area contributed by atoms with E-state index in [2.05, 4.69) is 0 Å². The molecule has 0 N–H and O–H groups in total. The summed E-state index contributed by atoms with van der Waals surface area (Å²) in [6, 6.07) is 2.60. The van der Waals surface area contributed by atoms with Gasteiger partial charge in [0.2, 0.25) is 0 Å². The number of halogens is 4. The Morgan fingerprint density at radius 1 is 1.38 bits per heavy atom. The number of non-ortho nitro benzene ring substituents is 1. The van der Waals surface area contributed by atoms with Crippen LogP contribution in [0.1, 0.15) is 0 Å². The van der Waals surface area contributed by atoms with E-state index >= 15 is 0 Å². The van der Waals surface area contributed by atoms with E-state index in [1.807, 2.05) is 0 Å². The fourth-order valence-electron chi connectivity index (χ4n) is 1.23. The van der Waals surface area contributed by atoms with Crippen LogP contribution in [0.3, 0.4) is 0 Å². The van der Waals surface area contributed by atoms with Crippen molar-refractivity contribution in [3.63, 3.8) is 0 Å². The van der Waals surface area contributed by atoms with E-state index in [9.17, 15) is 31.7 Å². The van der Waals surface area contributed by atoms with Gasteiger partial charge >= 0.3 is 5.51 Å². The molecule has 0 heterocycles. The maximum atomic E-state index is 11.9. The molecule has 0 fully saturated rings. The zero-order valence-corrected chi connectivity index (χ0v) is 12.4. The number of ether oxygens (including phenoxy) is 1. The number of nitro benzene ring substituents is 1. The molecule has 21 heavy (non-hydrogen) atoms. The van der Waals surface area contributed by atoms with E-state index in [4.69, 9.17) is 15.4 Å². The molecule has 1 aromatic rings. The summed E-state index contributed by atoms with van der Waals surface area (Å²) < 4.78 is 63.2. The van der Waals surface area contributed by atoms with Gasteiger partial charge in [0.15, 0.2) is 0 Å². The van der Waals surface area contributed by atoms with Crippen molar-refractivity contribution in [1.82, 2.24) is 0 Å².